The summed E-state index contributed by atoms with van der Waals surface area (Å²) in [6, 6.07) is 8.76. The Morgan fingerprint density at radius 1 is 1.31 bits per heavy atom. The number of carbonyl (C=O) groups excluding carboxylic acids is 1. The first-order chi connectivity index (χ1) is 14.0. The zero-order chi connectivity index (χ0) is 20.8. The van der Waals surface area contributed by atoms with Crippen molar-refractivity contribution in [2.75, 3.05) is 25.3 Å². The number of hydrogen-bond donors (Lipinski definition) is 1. The largest absolute Gasteiger partial charge is 0.497 e. The average Bonchev–Trinajstić information content (AvgIpc) is 3.33. The van der Waals surface area contributed by atoms with E-state index in [-0.39, 0.29) is 11.7 Å². The number of amides is 1. The fraction of sp³-hybridized carbons (Fsp3) is 0.211. The zero-order valence-electron chi connectivity index (χ0n) is 15.8. The molecule has 0 aliphatic carbocycles. The van der Waals surface area contributed by atoms with E-state index in [1.807, 2.05) is 4.57 Å². The maximum atomic E-state index is 12.4. The number of nitrogens with zero attached hydrogens (tertiary/aromatic N) is 3. The van der Waals surface area contributed by atoms with E-state index in [4.69, 9.17) is 13.9 Å². The highest BCUT2D eigenvalue weighted by molar-refractivity contribution is 9.10. The van der Waals surface area contributed by atoms with Crippen LogP contribution in [0, 0.1) is 0 Å². The molecular formula is C19H19BrN4O4S. The molecule has 0 unspecified atom stereocenters. The van der Waals surface area contributed by atoms with Crippen LogP contribution >= 0.6 is 27.7 Å². The molecule has 0 aliphatic heterocycles. The van der Waals surface area contributed by atoms with Crippen LogP contribution in [-0.4, -0.2) is 40.6 Å². The minimum atomic E-state index is -0.200. The van der Waals surface area contributed by atoms with Gasteiger partial charge in [0, 0.05) is 12.6 Å². The van der Waals surface area contributed by atoms with E-state index in [0.717, 1.165) is 0 Å². The van der Waals surface area contributed by atoms with Crippen LogP contribution in [0.25, 0.3) is 11.6 Å². The van der Waals surface area contributed by atoms with Crippen molar-refractivity contribution >= 4 is 39.3 Å². The summed E-state index contributed by atoms with van der Waals surface area (Å²) in [5, 5.41) is 11.8. The Bertz CT molecular complexity index is 1020. The highest BCUT2D eigenvalue weighted by atomic mass is 79.9. The van der Waals surface area contributed by atoms with E-state index in [2.05, 4.69) is 38.0 Å². The number of ether oxygens (including phenoxy) is 2. The molecule has 1 aromatic carbocycles. The second-order valence-electron chi connectivity index (χ2n) is 5.71. The van der Waals surface area contributed by atoms with Crippen LogP contribution in [0.15, 0.2) is 57.2 Å². The summed E-state index contributed by atoms with van der Waals surface area (Å²) in [6.45, 7) is 4.26. The van der Waals surface area contributed by atoms with Crippen molar-refractivity contribution in [2.24, 2.45) is 0 Å². The van der Waals surface area contributed by atoms with Gasteiger partial charge in [0.25, 0.3) is 0 Å². The lowest BCUT2D eigenvalue weighted by Crippen LogP contribution is -2.15. The third-order valence-electron chi connectivity index (χ3n) is 3.84. The second kappa shape index (κ2) is 9.66. The number of benzene rings is 1. The zero-order valence-corrected chi connectivity index (χ0v) is 18.2. The molecule has 0 radical (unpaired) electrons. The normalized spacial score (nSPS) is 10.6. The monoisotopic (exact) mass is 478 g/mol. The number of aromatic nitrogens is 3. The topological polar surface area (TPSA) is 91.4 Å². The molecule has 1 N–H and O–H groups in total. The number of carbonyl (C=O) groups is 1. The van der Waals surface area contributed by atoms with Gasteiger partial charge in [-0.2, -0.15) is 0 Å². The minimum absolute atomic E-state index is 0.145. The van der Waals surface area contributed by atoms with E-state index in [0.29, 0.717) is 45.1 Å². The molecule has 29 heavy (non-hydrogen) atoms. The Morgan fingerprint density at radius 3 is 2.79 bits per heavy atom. The Hall–Kier alpha value is -2.72. The van der Waals surface area contributed by atoms with Crippen LogP contribution in [0.3, 0.4) is 0 Å². The lowest BCUT2D eigenvalue weighted by Gasteiger charge is -2.11. The van der Waals surface area contributed by atoms with Crippen molar-refractivity contribution in [1.29, 1.82) is 0 Å². The van der Waals surface area contributed by atoms with Crippen LogP contribution in [0.2, 0.25) is 0 Å². The number of rotatable bonds is 9. The van der Waals surface area contributed by atoms with Gasteiger partial charge in [-0.05, 0) is 40.2 Å². The van der Waals surface area contributed by atoms with Crippen LogP contribution < -0.4 is 14.8 Å². The van der Waals surface area contributed by atoms with Gasteiger partial charge < -0.3 is 19.2 Å². The summed E-state index contributed by atoms with van der Waals surface area (Å²) >= 11 is 4.55. The molecule has 1 amide bonds. The number of halogens is 1. The maximum absolute atomic E-state index is 12.4. The molecule has 3 rings (SSSR count). The van der Waals surface area contributed by atoms with Crippen molar-refractivity contribution in [2.45, 2.75) is 11.7 Å². The number of thioether (sulfide) groups is 1. The van der Waals surface area contributed by atoms with Gasteiger partial charge in [-0.25, -0.2) is 0 Å². The fourth-order valence-corrected chi connectivity index (χ4v) is 3.58. The van der Waals surface area contributed by atoms with Crippen LogP contribution in [0.4, 0.5) is 5.69 Å². The van der Waals surface area contributed by atoms with Gasteiger partial charge in [0.05, 0.1) is 25.7 Å². The number of nitrogens with one attached hydrogen (secondary N) is 1. The number of hydrogen-bond acceptors (Lipinski definition) is 7. The molecule has 0 saturated carbocycles. The number of anilines is 1. The molecular weight excluding hydrogens is 460 g/mol. The lowest BCUT2D eigenvalue weighted by atomic mass is 10.2. The average molecular weight is 479 g/mol. The first kappa shape index (κ1) is 21.0. The van der Waals surface area contributed by atoms with E-state index in [1.54, 1.807) is 43.5 Å². The summed E-state index contributed by atoms with van der Waals surface area (Å²) in [7, 11) is 3.10. The first-order valence-corrected chi connectivity index (χ1v) is 10.3. The third kappa shape index (κ3) is 5.01. The molecule has 0 bridgehead atoms. The molecule has 3 aromatic rings. The molecule has 0 fully saturated rings. The lowest BCUT2D eigenvalue weighted by molar-refractivity contribution is -0.113. The van der Waals surface area contributed by atoms with Crippen LogP contribution in [0.5, 0.6) is 11.5 Å². The summed E-state index contributed by atoms with van der Waals surface area (Å²) in [5.74, 6) is 2.24. The molecule has 0 aliphatic rings. The summed E-state index contributed by atoms with van der Waals surface area (Å²) in [5.41, 5.74) is 0.563. The smallest absolute Gasteiger partial charge is 0.234 e. The number of methoxy groups -OCH3 is 2. The van der Waals surface area contributed by atoms with Gasteiger partial charge in [-0.15, -0.1) is 16.8 Å². The molecule has 2 heterocycles. The summed E-state index contributed by atoms with van der Waals surface area (Å²) < 4.78 is 18.5. The molecule has 0 atom stereocenters. The van der Waals surface area contributed by atoms with Crippen molar-refractivity contribution in [3.63, 3.8) is 0 Å². The van der Waals surface area contributed by atoms with Crippen molar-refractivity contribution in [1.82, 2.24) is 14.8 Å². The Labute approximate surface area is 180 Å². The fourth-order valence-electron chi connectivity index (χ4n) is 2.52. The molecule has 152 valence electrons. The van der Waals surface area contributed by atoms with Gasteiger partial charge in [0.1, 0.15) is 11.5 Å². The predicted molar refractivity (Wildman–Crippen MR) is 115 cm³/mol. The van der Waals surface area contributed by atoms with E-state index < -0.39 is 0 Å². The highest BCUT2D eigenvalue weighted by Crippen LogP contribution is 2.30. The van der Waals surface area contributed by atoms with E-state index in [1.165, 1.54) is 18.9 Å². The quantitative estimate of drug-likeness (QED) is 0.363. The molecule has 10 heteroatoms. The van der Waals surface area contributed by atoms with E-state index >= 15 is 0 Å². The number of furan rings is 1. The predicted octanol–water partition coefficient (Wildman–Crippen LogP) is 4.23. The van der Waals surface area contributed by atoms with Crippen molar-refractivity contribution in [3.05, 3.63) is 47.7 Å². The van der Waals surface area contributed by atoms with Crippen LogP contribution in [0.1, 0.15) is 0 Å². The SMILES string of the molecule is C=CCn1c(SCC(=O)Nc2ccc(OC)cc2OC)nnc1-c1ccc(Br)o1. The molecule has 0 saturated heterocycles. The Balaban J connectivity index is 1.70. The Morgan fingerprint density at radius 2 is 2.14 bits per heavy atom. The van der Waals surface area contributed by atoms with Crippen LogP contribution in [-0.2, 0) is 11.3 Å². The highest BCUT2D eigenvalue weighted by Gasteiger charge is 2.18. The van der Waals surface area contributed by atoms with Gasteiger partial charge in [0.15, 0.2) is 15.6 Å². The molecule has 8 nitrogen and oxygen atoms in total. The van der Waals surface area contributed by atoms with Crippen molar-refractivity contribution in [3.8, 4) is 23.1 Å². The van der Waals surface area contributed by atoms with Gasteiger partial charge in [-0.1, -0.05) is 17.8 Å². The third-order valence-corrected chi connectivity index (χ3v) is 5.23. The number of allylic oxidation sites excluding steroid dienone is 1. The molecule has 0 spiro atoms. The standard InChI is InChI=1S/C19H19BrN4O4S/c1-4-9-24-18(14-7-8-16(20)28-14)22-23-19(24)29-11-17(25)21-13-6-5-12(26-2)10-15(13)27-3/h4-8,10H,1,9,11H2,2-3H3,(H,21,25). The van der Waals surface area contributed by atoms with Gasteiger partial charge in [0.2, 0.25) is 11.7 Å². The van der Waals surface area contributed by atoms with Gasteiger partial charge >= 0.3 is 0 Å². The first-order valence-electron chi connectivity index (χ1n) is 8.50. The summed E-state index contributed by atoms with van der Waals surface area (Å²) in [6.07, 6.45) is 1.73. The van der Waals surface area contributed by atoms with Gasteiger partial charge in [-0.3, -0.25) is 9.36 Å². The maximum Gasteiger partial charge on any atom is 0.234 e. The minimum Gasteiger partial charge on any atom is -0.497 e. The van der Waals surface area contributed by atoms with Crippen molar-refractivity contribution < 1.29 is 18.7 Å². The van der Waals surface area contributed by atoms with E-state index in [9.17, 15) is 4.79 Å². The summed E-state index contributed by atoms with van der Waals surface area (Å²) in [4.78, 5) is 12.4. The molecule has 2 aromatic heterocycles. The second-order valence-corrected chi connectivity index (χ2v) is 7.44. The Kier molecular flexibility index (Phi) is 6.99.